The van der Waals surface area contributed by atoms with Crippen molar-refractivity contribution in [3.63, 3.8) is 0 Å². The summed E-state index contributed by atoms with van der Waals surface area (Å²) >= 11 is 0. The summed E-state index contributed by atoms with van der Waals surface area (Å²) in [5.41, 5.74) is 1.65. The first-order valence-corrected chi connectivity index (χ1v) is 10.4. The lowest BCUT2D eigenvalue weighted by Crippen LogP contribution is -2.37. The summed E-state index contributed by atoms with van der Waals surface area (Å²) in [6, 6.07) is 13.8. The zero-order valence-corrected chi connectivity index (χ0v) is 16.8. The number of anilines is 1. The minimum atomic E-state index is -3.74. The molecular weight excluding hydrogens is 364 g/mol. The van der Waals surface area contributed by atoms with E-state index in [2.05, 4.69) is 12.2 Å². The summed E-state index contributed by atoms with van der Waals surface area (Å²) in [7, 11) is -2.20. The highest BCUT2D eigenvalue weighted by molar-refractivity contribution is 7.89. The van der Waals surface area contributed by atoms with Crippen LogP contribution in [0.4, 0.5) is 5.69 Å². The van der Waals surface area contributed by atoms with Crippen molar-refractivity contribution in [2.75, 3.05) is 25.5 Å². The van der Waals surface area contributed by atoms with Crippen molar-refractivity contribution >= 4 is 21.6 Å². The Kier molecular flexibility index (Phi) is 7.38. The molecule has 0 atom stereocenters. The molecule has 0 spiro atoms. The lowest BCUT2D eigenvalue weighted by atomic mass is 10.1. The van der Waals surface area contributed by atoms with Gasteiger partial charge in [0.1, 0.15) is 5.75 Å². The molecule has 6 nitrogen and oxygen atoms in total. The van der Waals surface area contributed by atoms with Crippen molar-refractivity contribution in [2.24, 2.45) is 0 Å². The SMILES string of the molecule is CCCc1ccc(S(=O)(=O)N(CC)CC(=O)Nc2cccc(OC)c2)cc1. The van der Waals surface area contributed by atoms with E-state index in [1.165, 1.54) is 7.11 Å². The van der Waals surface area contributed by atoms with Crippen LogP contribution in [0.15, 0.2) is 53.4 Å². The molecule has 27 heavy (non-hydrogen) atoms. The number of sulfonamides is 1. The molecule has 0 unspecified atom stereocenters. The first kappa shape index (κ1) is 20.9. The summed E-state index contributed by atoms with van der Waals surface area (Å²) < 4.78 is 32.0. The van der Waals surface area contributed by atoms with E-state index in [0.29, 0.717) is 11.4 Å². The molecule has 2 aromatic rings. The van der Waals surface area contributed by atoms with Gasteiger partial charge in [0.05, 0.1) is 18.6 Å². The molecule has 0 saturated carbocycles. The highest BCUT2D eigenvalue weighted by Crippen LogP contribution is 2.19. The normalized spacial score (nSPS) is 11.4. The minimum absolute atomic E-state index is 0.193. The second-order valence-electron chi connectivity index (χ2n) is 6.11. The van der Waals surface area contributed by atoms with Gasteiger partial charge in [-0.3, -0.25) is 4.79 Å². The number of carbonyl (C=O) groups excluding carboxylic acids is 1. The number of nitrogens with zero attached hydrogens (tertiary/aromatic N) is 1. The van der Waals surface area contributed by atoms with E-state index < -0.39 is 15.9 Å². The quantitative estimate of drug-likeness (QED) is 0.713. The van der Waals surface area contributed by atoms with E-state index in [-0.39, 0.29) is 18.0 Å². The average molecular weight is 391 g/mol. The predicted octanol–water partition coefficient (Wildman–Crippen LogP) is 3.30. The molecule has 0 aliphatic carbocycles. The van der Waals surface area contributed by atoms with Crippen LogP contribution in [0.3, 0.4) is 0 Å². The van der Waals surface area contributed by atoms with Gasteiger partial charge in [-0.05, 0) is 36.2 Å². The van der Waals surface area contributed by atoms with Gasteiger partial charge in [0, 0.05) is 18.3 Å². The third kappa shape index (κ3) is 5.55. The fourth-order valence-electron chi connectivity index (χ4n) is 2.69. The van der Waals surface area contributed by atoms with E-state index >= 15 is 0 Å². The number of methoxy groups -OCH3 is 1. The standard InChI is InChI=1S/C20H26N2O4S/c1-4-7-16-10-12-19(13-11-16)27(24,25)22(5-2)15-20(23)21-17-8-6-9-18(14-17)26-3/h6,8-14H,4-5,7,15H2,1-3H3,(H,21,23). The molecule has 0 radical (unpaired) electrons. The van der Waals surface area contributed by atoms with Crippen LogP contribution in [0.1, 0.15) is 25.8 Å². The van der Waals surface area contributed by atoms with Gasteiger partial charge >= 0.3 is 0 Å². The number of likely N-dealkylation sites (N-methyl/N-ethyl adjacent to an activating group) is 1. The topological polar surface area (TPSA) is 75.7 Å². The lowest BCUT2D eigenvalue weighted by Gasteiger charge is -2.20. The van der Waals surface area contributed by atoms with Crippen molar-refractivity contribution in [1.82, 2.24) is 4.31 Å². The Labute approximate surface area is 161 Å². The fourth-order valence-corrected chi connectivity index (χ4v) is 4.10. The maximum absolute atomic E-state index is 12.8. The minimum Gasteiger partial charge on any atom is -0.497 e. The van der Waals surface area contributed by atoms with Crippen molar-refractivity contribution < 1.29 is 17.9 Å². The van der Waals surface area contributed by atoms with Crippen molar-refractivity contribution in [2.45, 2.75) is 31.6 Å². The fraction of sp³-hybridized carbons (Fsp3) is 0.350. The summed E-state index contributed by atoms with van der Waals surface area (Å²) in [4.78, 5) is 12.5. The second-order valence-corrected chi connectivity index (χ2v) is 8.04. The average Bonchev–Trinajstić information content (AvgIpc) is 2.66. The van der Waals surface area contributed by atoms with Gasteiger partial charge in [-0.2, -0.15) is 4.31 Å². The Bertz CT molecular complexity index is 864. The Morgan fingerprint density at radius 2 is 1.81 bits per heavy atom. The van der Waals surface area contributed by atoms with Crippen molar-refractivity contribution in [3.8, 4) is 5.75 Å². The Morgan fingerprint density at radius 3 is 2.41 bits per heavy atom. The lowest BCUT2D eigenvalue weighted by molar-refractivity contribution is -0.116. The van der Waals surface area contributed by atoms with Gasteiger partial charge < -0.3 is 10.1 Å². The molecule has 0 fully saturated rings. The van der Waals surface area contributed by atoms with Gasteiger partial charge in [0.2, 0.25) is 15.9 Å². The van der Waals surface area contributed by atoms with Crippen LogP contribution < -0.4 is 10.1 Å². The van der Waals surface area contributed by atoms with Crippen molar-refractivity contribution in [3.05, 3.63) is 54.1 Å². The van der Waals surface area contributed by atoms with Crippen LogP contribution in [-0.2, 0) is 21.2 Å². The van der Waals surface area contributed by atoms with Gasteiger partial charge in [0.15, 0.2) is 0 Å². The number of rotatable bonds is 9. The molecule has 0 bridgehead atoms. The summed E-state index contributed by atoms with van der Waals surface area (Å²) in [6.07, 6.45) is 1.90. The highest BCUT2D eigenvalue weighted by Gasteiger charge is 2.25. The molecule has 7 heteroatoms. The molecule has 0 saturated heterocycles. The molecule has 2 rings (SSSR count). The van der Waals surface area contributed by atoms with E-state index in [0.717, 1.165) is 22.7 Å². The predicted molar refractivity (Wildman–Crippen MR) is 106 cm³/mol. The van der Waals surface area contributed by atoms with E-state index in [1.54, 1.807) is 43.3 Å². The summed E-state index contributed by atoms with van der Waals surface area (Å²) in [5, 5.41) is 2.71. The monoisotopic (exact) mass is 390 g/mol. The van der Waals surface area contributed by atoms with Crippen LogP contribution in [0.2, 0.25) is 0 Å². The molecule has 2 aromatic carbocycles. The van der Waals surface area contributed by atoms with Gasteiger partial charge in [-0.25, -0.2) is 8.42 Å². The molecule has 146 valence electrons. The summed E-state index contributed by atoms with van der Waals surface area (Å²) in [6.45, 7) is 3.73. The molecule has 0 aliphatic rings. The van der Waals surface area contributed by atoms with Gasteiger partial charge in [-0.15, -0.1) is 0 Å². The van der Waals surface area contributed by atoms with Crippen LogP contribution in [-0.4, -0.2) is 38.8 Å². The van der Waals surface area contributed by atoms with Crippen molar-refractivity contribution in [1.29, 1.82) is 0 Å². The van der Waals surface area contributed by atoms with Gasteiger partial charge in [0.25, 0.3) is 0 Å². The van der Waals surface area contributed by atoms with Crippen LogP contribution >= 0.6 is 0 Å². The molecule has 1 amide bonds. The van der Waals surface area contributed by atoms with E-state index in [4.69, 9.17) is 4.74 Å². The number of ether oxygens (including phenoxy) is 1. The first-order valence-electron chi connectivity index (χ1n) is 8.93. The zero-order chi connectivity index (χ0) is 19.9. The maximum Gasteiger partial charge on any atom is 0.243 e. The number of hydrogen-bond acceptors (Lipinski definition) is 4. The third-order valence-corrected chi connectivity index (χ3v) is 6.06. The molecule has 1 N–H and O–H groups in total. The van der Waals surface area contributed by atoms with Crippen LogP contribution in [0.5, 0.6) is 5.75 Å². The second kappa shape index (κ2) is 9.53. The Morgan fingerprint density at radius 1 is 1.11 bits per heavy atom. The molecule has 0 heterocycles. The largest absolute Gasteiger partial charge is 0.497 e. The third-order valence-electron chi connectivity index (χ3n) is 4.13. The highest BCUT2D eigenvalue weighted by atomic mass is 32.2. The molecule has 0 aliphatic heterocycles. The number of benzene rings is 2. The number of carbonyl (C=O) groups is 1. The van der Waals surface area contributed by atoms with E-state index in [1.807, 2.05) is 12.1 Å². The number of aryl methyl sites for hydroxylation is 1. The number of amides is 1. The Balaban J connectivity index is 2.10. The Hall–Kier alpha value is -2.38. The van der Waals surface area contributed by atoms with Crippen LogP contribution in [0, 0.1) is 0 Å². The number of hydrogen-bond donors (Lipinski definition) is 1. The number of nitrogens with one attached hydrogen (secondary N) is 1. The molecule has 0 aromatic heterocycles. The first-order chi connectivity index (χ1) is 12.9. The maximum atomic E-state index is 12.8. The smallest absolute Gasteiger partial charge is 0.243 e. The van der Waals surface area contributed by atoms with E-state index in [9.17, 15) is 13.2 Å². The van der Waals surface area contributed by atoms with Gasteiger partial charge in [-0.1, -0.05) is 38.5 Å². The summed E-state index contributed by atoms with van der Waals surface area (Å²) in [5.74, 6) is 0.205. The molecular formula is C20H26N2O4S. The zero-order valence-electron chi connectivity index (χ0n) is 15.9. The van der Waals surface area contributed by atoms with Crippen LogP contribution in [0.25, 0.3) is 0 Å².